The van der Waals surface area contributed by atoms with Crippen LogP contribution >= 0.6 is 27.5 Å². The van der Waals surface area contributed by atoms with Gasteiger partial charge in [-0.3, -0.25) is 0 Å². The first kappa shape index (κ1) is 14.9. The molecule has 0 aliphatic heterocycles. The highest BCUT2D eigenvalue weighted by atomic mass is 79.9. The van der Waals surface area contributed by atoms with Crippen molar-refractivity contribution in [2.75, 3.05) is 25.6 Å². The molecule has 17 heavy (non-hydrogen) atoms. The SMILES string of the molecule is O=S(=O)(NCCOCCCl)c1ccc(Br)cc1. The molecule has 0 saturated carbocycles. The van der Waals surface area contributed by atoms with Gasteiger partial charge in [-0.1, -0.05) is 15.9 Å². The number of sulfonamides is 1. The van der Waals surface area contributed by atoms with Crippen LogP contribution in [-0.2, 0) is 14.8 Å². The van der Waals surface area contributed by atoms with Crippen molar-refractivity contribution >= 4 is 37.6 Å². The Balaban J connectivity index is 2.48. The van der Waals surface area contributed by atoms with Crippen LogP contribution in [0.5, 0.6) is 0 Å². The first-order valence-corrected chi connectivity index (χ1v) is 7.76. The number of ether oxygens (including phenoxy) is 1. The van der Waals surface area contributed by atoms with Gasteiger partial charge in [0.05, 0.1) is 18.1 Å². The fraction of sp³-hybridized carbons (Fsp3) is 0.400. The summed E-state index contributed by atoms with van der Waals surface area (Å²) < 4.78 is 31.9. The molecule has 0 unspecified atom stereocenters. The topological polar surface area (TPSA) is 55.4 Å². The Morgan fingerprint density at radius 2 is 1.88 bits per heavy atom. The predicted molar refractivity (Wildman–Crippen MR) is 70.9 cm³/mol. The average molecular weight is 343 g/mol. The number of nitrogens with one attached hydrogen (secondary N) is 1. The van der Waals surface area contributed by atoms with Crippen molar-refractivity contribution < 1.29 is 13.2 Å². The molecule has 1 N–H and O–H groups in total. The van der Waals surface area contributed by atoms with Crippen molar-refractivity contribution in [1.29, 1.82) is 0 Å². The Hall–Kier alpha value is -0.140. The third-order valence-electron chi connectivity index (χ3n) is 1.88. The lowest BCUT2D eigenvalue weighted by atomic mass is 10.4. The minimum atomic E-state index is -3.45. The summed E-state index contributed by atoms with van der Waals surface area (Å²) in [6.07, 6.45) is 0. The van der Waals surface area contributed by atoms with Gasteiger partial charge in [-0.2, -0.15) is 0 Å². The van der Waals surface area contributed by atoms with Crippen molar-refractivity contribution in [2.45, 2.75) is 4.90 Å². The molecule has 0 bridgehead atoms. The Morgan fingerprint density at radius 1 is 1.24 bits per heavy atom. The normalized spacial score (nSPS) is 11.6. The molecular weight excluding hydrogens is 330 g/mol. The van der Waals surface area contributed by atoms with Crippen LogP contribution in [0.15, 0.2) is 33.6 Å². The first-order valence-electron chi connectivity index (χ1n) is 4.95. The number of rotatable bonds is 7. The summed E-state index contributed by atoms with van der Waals surface area (Å²) in [5, 5.41) is 0. The van der Waals surface area contributed by atoms with E-state index in [2.05, 4.69) is 20.7 Å². The van der Waals surface area contributed by atoms with Crippen LogP contribution < -0.4 is 4.72 Å². The molecule has 0 amide bonds. The largest absolute Gasteiger partial charge is 0.379 e. The summed E-state index contributed by atoms with van der Waals surface area (Å²) in [4.78, 5) is 0.234. The molecule has 1 aromatic carbocycles. The molecule has 0 aliphatic rings. The lowest BCUT2D eigenvalue weighted by molar-refractivity contribution is 0.155. The van der Waals surface area contributed by atoms with E-state index >= 15 is 0 Å². The second-order valence-electron chi connectivity index (χ2n) is 3.15. The van der Waals surface area contributed by atoms with Crippen LogP contribution in [0, 0.1) is 0 Å². The molecule has 1 rings (SSSR count). The molecule has 0 spiro atoms. The monoisotopic (exact) mass is 341 g/mol. The Bertz CT molecular complexity index is 435. The molecule has 0 atom stereocenters. The Morgan fingerprint density at radius 3 is 2.47 bits per heavy atom. The fourth-order valence-electron chi connectivity index (χ4n) is 1.10. The Labute approximate surface area is 114 Å². The molecule has 7 heteroatoms. The number of benzene rings is 1. The quantitative estimate of drug-likeness (QED) is 0.609. The van der Waals surface area contributed by atoms with Gasteiger partial charge in [-0.25, -0.2) is 13.1 Å². The van der Waals surface area contributed by atoms with E-state index in [1.807, 2.05) is 0 Å². The van der Waals surface area contributed by atoms with Gasteiger partial charge in [0.1, 0.15) is 0 Å². The standard InChI is InChI=1S/C10H13BrClNO3S/c11-9-1-3-10(4-2-9)17(14,15)13-6-8-16-7-5-12/h1-4,13H,5-8H2. The molecule has 1 aromatic rings. The van der Waals surface area contributed by atoms with E-state index in [-0.39, 0.29) is 11.4 Å². The summed E-state index contributed by atoms with van der Waals surface area (Å²) in [6, 6.07) is 6.43. The summed E-state index contributed by atoms with van der Waals surface area (Å²) >= 11 is 8.66. The lowest BCUT2D eigenvalue weighted by Crippen LogP contribution is -2.27. The second-order valence-corrected chi connectivity index (χ2v) is 6.21. The number of halogens is 2. The van der Waals surface area contributed by atoms with Crippen LogP contribution in [0.1, 0.15) is 0 Å². The van der Waals surface area contributed by atoms with E-state index in [9.17, 15) is 8.42 Å². The minimum absolute atomic E-state index is 0.231. The zero-order chi connectivity index (χ0) is 12.7. The second kappa shape index (κ2) is 7.33. The minimum Gasteiger partial charge on any atom is -0.379 e. The van der Waals surface area contributed by atoms with Gasteiger partial charge < -0.3 is 4.74 Å². The predicted octanol–water partition coefficient (Wildman–Crippen LogP) is 1.98. The van der Waals surface area contributed by atoms with Gasteiger partial charge in [0.2, 0.25) is 10.0 Å². The average Bonchev–Trinajstić information content (AvgIpc) is 2.29. The number of hydrogen-bond donors (Lipinski definition) is 1. The summed E-state index contributed by atoms with van der Waals surface area (Å²) in [5.41, 5.74) is 0. The van der Waals surface area contributed by atoms with E-state index in [0.717, 1.165) is 4.47 Å². The molecule has 0 aliphatic carbocycles. The molecule has 0 saturated heterocycles. The maximum atomic E-state index is 11.8. The van der Waals surface area contributed by atoms with E-state index in [4.69, 9.17) is 16.3 Å². The fourth-order valence-corrected chi connectivity index (χ4v) is 2.49. The van der Waals surface area contributed by atoms with Crippen LogP contribution in [-0.4, -0.2) is 34.1 Å². The molecule has 0 radical (unpaired) electrons. The summed E-state index contributed by atoms with van der Waals surface area (Å²) in [6.45, 7) is 0.958. The lowest BCUT2D eigenvalue weighted by Gasteiger charge is -2.06. The first-order chi connectivity index (χ1) is 8.06. The van der Waals surface area contributed by atoms with Gasteiger partial charge in [0, 0.05) is 16.9 Å². The van der Waals surface area contributed by atoms with Crippen molar-refractivity contribution in [2.24, 2.45) is 0 Å². The van der Waals surface area contributed by atoms with Crippen molar-refractivity contribution in [3.8, 4) is 0 Å². The van der Waals surface area contributed by atoms with Crippen LogP contribution in [0.4, 0.5) is 0 Å². The third kappa shape index (κ3) is 5.35. The smallest absolute Gasteiger partial charge is 0.240 e. The molecule has 0 heterocycles. The van der Waals surface area contributed by atoms with Crippen molar-refractivity contribution in [3.05, 3.63) is 28.7 Å². The van der Waals surface area contributed by atoms with Gasteiger partial charge >= 0.3 is 0 Å². The van der Waals surface area contributed by atoms with E-state index in [1.54, 1.807) is 12.1 Å². The van der Waals surface area contributed by atoms with Gasteiger partial charge in [0.15, 0.2) is 0 Å². The molecule has 96 valence electrons. The van der Waals surface area contributed by atoms with Crippen LogP contribution in [0.2, 0.25) is 0 Å². The van der Waals surface area contributed by atoms with E-state index < -0.39 is 10.0 Å². The number of hydrogen-bond acceptors (Lipinski definition) is 3. The van der Waals surface area contributed by atoms with Gasteiger partial charge in [0.25, 0.3) is 0 Å². The number of alkyl halides is 1. The van der Waals surface area contributed by atoms with Crippen LogP contribution in [0.3, 0.4) is 0 Å². The van der Waals surface area contributed by atoms with E-state index in [0.29, 0.717) is 19.1 Å². The summed E-state index contributed by atoms with van der Waals surface area (Å²) in [5.74, 6) is 0.402. The molecule has 4 nitrogen and oxygen atoms in total. The highest BCUT2D eigenvalue weighted by Gasteiger charge is 2.12. The van der Waals surface area contributed by atoms with Crippen LogP contribution in [0.25, 0.3) is 0 Å². The van der Waals surface area contributed by atoms with Crippen molar-refractivity contribution in [3.63, 3.8) is 0 Å². The van der Waals surface area contributed by atoms with Crippen molar-refractivity contribution in [1.82, 2.24) is 4.72 Å². The molecule has 0 fully saturated rings. The molecule has 0 aromatic heterocycles. The summed E-state index contributed by atoms with van der Waals surface area (Å²) in [7, 11) is -3.45. The van der Waals surface area contributed by atoms with Gasteiger partial charge in [-0.15, -0.1) is 11.6 Å². The maximum Gasteiger partial charge on any atom is 0.240 e. The van der Waals surface area contributed by atoms with E-state index in [1.165, 1.54) is 12.1 Å². The highest BCUT2D eigenvalue weighted by Crippen LogP contribution is 2.14. The maximum absolute atomic E-state index is 11.8. The zero-order valence-corrected chi connectivity index (χ0v) is 12.2. The highest BCUT2D eigenvalue weighted by molar-refractivity contribution is 9.10. The Kier molecular flexibility index (Phi) is 6.43. The third-order valence-corrected chi connectivity index (χ3v) is 4.04. The van der Waals surface area contributed by atoms with Gasteiger partial charge in [-0.05, 0) is 24.3 Å². The zero-order valence-electron chi connectivity index (χ0n) is 9.03. The molecular formula is C10H13BrClNO3S.